The molecule has 2 N–H and O–H groups in total. The molecular formula is C19H19ClN2O2. The molecule has 1 aromatic heterocycles. The Labute approximate surface area is 145 Å². The standard InChI is InChI=1S/C19H19ClN2O2/c1-11-8-17(18(24-3)10-15(11)20)22-19(23)9-14-12(2)21-16-7-5-4-6-13(14)16/h4-8,10,21H,9H2,1-3H3,(H,22,23). The molecule has 0 spiro atoms. The quantitative estimate of drug-likeness (QED) is 0.726. The third kappa shape index (κ3) is 3.10. The smallest absolute Gasteiger partial charge is 0.228 e. The summed E-state index contributed by atoms with van der Waals surface area (Å²) in [5.74, 6) is 0.456. The van der Waals surface area contributed by atoms with E-state index in [9.17, 15) is 4.79 Å². The molecule has 1 heterocycles. The number of aromatic nitrogens is 1. The van der Waals surface area contributed by atoms with Gasteiger partial charge in [0.25, 0.3) is 0 Å². The van der Waals surface area contributed by atoms with Crippen LogP contribution in [0.3, 0.4) is 0 Å². The van der Waals surface area contributed by atoms with E-state index in [0.29, 0.717) is 22.9 Å². The number of amides is 1. The van der Waals surface area contributed by atoms with Crippen molar-refractivity contribution in [3.8, 4) is 5.75 Å². The molecule has 124 valence electrons. The predicted molar refractivity (Wildman–Crippen MR) is 98.1 cm³/mol. The maximum Gasteiger partial charge on any atom is 0.228 e. The maximum atomic E-state index is 12.5. The average Bonchev–Trinajstić information content (AvgIpc) is 2.86. The molecule has 3 rings (SSSR count). The zero-order valence-electron chi connectivity index (χ0n) is 13.9. The Balaban J connectivity index is 1.86. The van der Waals surface area contributed by atoms with Crippen LogP contribution in [0.1, 0.15) is 16.8 Å². The second kappa shape index (κ2) is 6.57. The Hall–Kier alpha value is -2.46. The Morgan fingerprint density at radius 1 is 1.25 bits per heavy atom. The van der Waals surface area contributed by atoms with Gasteiger partial charge in [0.2, 0.25) is 5.91 Å². The van der Waals surface area contributed by atoms with Crippen molar-refractivity contribution in [3.05, 3.63) is 58.2 Å². The van der Waals surface area contributed by atoms with Crippen molar-refractivity contribution in [2.24, 2.45) is 0 Å². The first-order valence-corrected chi connectivity index (χ1v) is 8.07. The van der Waals surface area contributed by atoms with Crippen LogP contribution in [-0.4, -0.2) is 18.0 Å². The van der Waals surface area contributed by atoms with E-state index in [2.05, 4.69) is 10.3 Å². The number of carbonyl (C=O) groups is 1. The Bertz CT molecular complexity index is 915. The fourth-order valence-electron chi connectivity index (χ4n) is 2.85. The summed E-state index contributed by atoms with van der Waals surface area (Å²) in [5.41, 5.74) is 4.56. The summed E-state index contributed by atoms with van der Waals surface area (Å²) in [6.45, 7) is 3.87. The monoisotopic (exact) mass is 342 g/mol. The molecule has 2 aromatic carbocycles. The van der Waals surface area contributed by atoms with Gasteiger partial charge in [0, 0.05) is 27.7 Å². The minimum absolute atomic E-state index is 0.0946. The Morgan fingerprint density at radius 3 is 2.75 bits per heavy atom. The van der Waals surface area contributed by atoms with Crippen LogP contribution in [0.5, 0.6) is 5.75 Å². The molecule has 0 saturated carbocycles. The largest absolute Gasteiger partial charge is 0.495 e. The number of fused-ring (bicyclic) bond motifs is 1. The molecule has 24 heavy (non-hydrogen) atoms. The van der Waals surface area contributed by atoms with Gasteiger partial charge in [-0.2, -0.15) is 0 Å². The van der Waals surface area contributed by atoms with Gasteiger partial charge in [-0.25, -0.2) is 0 Å². The molecule has 3 aromatic rings. The molecule has 4 nitrogen and oxygen atoms in total. The average molecular weight is 343 g/mol. The normalized spacial score (nSPS) is 10.8. The summed E-state index contributed by atoms with van der Waals surface area (Å²) in [6.07, 6.45) is 0.292. The second-order valence-electron chi connectivity index (χ2n) is 5.80. The highest BCUT2D eigenvalue weighted by molar-refractivity contribution is 6.31. The summed E-state index contributed by atoms with van der Waals surface area (Å²) in [4.78, 5) is 15.8. The minimum Gasteiger partial charge on any atom is -0.495 e. The Kier molecular flexibility index (Phi) is 4.49. The number of rotatable bonds is 4. The van der Waals surface area contributed by atoms with Gasteiger partial charge in [-0.1, -0.05) is 29.8 Å². The number of carbonyl (C=O) groups excluding carboxylic acids is 1. The van der Waals surface area contributed by atoms with E-state index >= 15 is 0 Å². The fraction of sp³-hybridized carbons (Fsp3) is 0.211. The van der Waals surface area contributed by atoms with E-state index < -0.39 is 0 Å². The van der Waals surface area contributed by atoms with Crippen molar-refractivity contribution in [3.63, 3.8) is 0 Å². The van der Waals surface area contributed by atoms with Crippen molar-refractivity contribution < 1.29 is 9.53 Å². The number of aryl methyl sites for hydroxylation is 2. The molecule has 0 radical (unpaired) electrons. The highest BCUT2D eigenvalue weighted by atomic mass is 35.5. The van der Waals surface area contributed by atoms with Crippen LogP contribution in [-0.2, 0) is 11.2 Å². The number of hydrogen-bond acceptors (Lipinski definition) is 2. The number of H-pyrrole nitrogens is 1. The molecule has 0 aliphatic heterocycles. The summed E-state index contributed by atoms with van der Waals surface area (Å²) in [5, 5.41) is 4.61. The van der Waals surface area contributed by atoms with Crippen LogP contribution in [0.15, 0.2) is 36.4 Å². The van der Waals surface area contributed by atoms with Gasteiger partial charge in [0.15, 0.2) is 0 Å². The van der Waals surface area contributed by atoms with Gasteiger partial charge in [0.1, 0.15) is 5.75 Å². The summed E-state index contributed by atoms with van der Waals surface area (Å²) in [6, 6.07) is 11.5. The van der Waals surface area contributed by atoms with Crippen LogP contribution >= 0.6 is 11.6 Å². The number of benzene rings is 2. The summed E-state index contributed by atoms with van der Waals surface area (Å²) in [7, 11) is 1.56. The van der Waals surface area contributed by atoms with Crippen LogP contribution in [0.2, 0.25) is 5.02 Å². The van der Waals surface area contributed by atoms with Gasteiger partial charge in [-0.05, 0) is 37.1 Å². The summed E-state index contributed by atoms with van der Waals surface area (Å²) < 4.78 is 5.31. The first-order valence-electron chi connectivity index (χ1n) is 7.69. The predicted octanol–water partition coefficient (Wildman–Crippen LogP) is 4.63. The lowest BCUT2D eigenvalue weighted by Gasteiger charge is -2.12. The van der Waals surface area contributed by atoms with Crippen LogP contribution in [0, 0.1) is 13.8 Å². The highest BCUT2D eigenvalue weighted by Gasteiger charge is 2.14. The van der Waals surface area contributed by atoms with E-state index in [0.717, 1.165) is 27.7 Å². The molecule has 0 aliphatic rings. The molecule has 5 heteroatoms. The van der Waals surface area contributed by atoms with E-state index in [-0.39, 0.29) is 5.91 Å². The number of ether oxygens (including phenoxy) is 1. The topological polar surface area (TPSA) is 54.1 Å². The van der Waals surface area contributed by atoms with Crippen molar-refractivity contribution in [1.29, 1.82) is 0 Å². The van der Waals surface area contributed by atoms with Gasteiger partial charge >= 0.3 is 0 Å². The van der Waals surface area contributed by atoms with Gasteiger partial charge in [-0.15, -0.1) is 0 Å². The number of anilines is 1. The molecular weight excluding hydrogens is 324 g/mol. The third-order valence-electron chi connectivity index (χ3n) is 4.12. The van der Waals surface area contributed by atoms with Crippen molar-refractivity contribution in [1.82, 2.24) is 4.98 Å². The molecule has 0 fully saturated rings. The van der Waals surface area contributed by atoms with Gasteiger partial charge < -0.3 is 15.0 Å². The number of hydrogen-bond donors (Lipinski definition) is 2. The zero-order valence-corrected chi connectivity index (χ0v) is 14.6. The lowest BCUT2D eigenvalue weighted by atomic mass is 10.1. The number of halogens is 1. The Morgan fingerprint density at radius 2 is 2.00 bits per heavy atom. The van der Waals surface area contributed by atoms with Gasteiger partial charge in [0.05, 0.1) is 19.2 Å². The first-order chi connectivity index (χ1) is 11.5. The number of nitrogens with one attached hydrogen (secondary N) is 2. The molecule has 0 bridgehead atoms. The lowest BCUT2D eigenvalue weighted by Crippen LogP contribution is -2.15. The van der Waals surface area contributed by atoms with Gasteiger partial charge in [-0.3, -0.25) is 4.79 Å². The first kappa shape index (κ1) is 16.4. The SMILES string of the molecule is COc1cc(Cl)c(C)cc1NC(=O)Cc1c(C)[nH]c2ccccc12. The molecule has 0 atom stereocenters. The van der Waals surface area contributed by atoms with E-state index in [1.165, 1.54) is 0 Å². The maximum absolute atomic E-state index is 12.5. The zero-order chi connectivity index (χ0) is 17.3. The number of para-hydroxylation sites is 1. The van der Waals surface area contributed by atoms with Crippen molar-refractivity contribution in [2.75, 3.05) is 12.4 Å². The van der Waals surface area contributed by atoms with Crippen molar-refractivity contribution >= 4 is 34.1 Å². The number of aromatic amines is 1. The molecule has 0 saturated heterocycles. The van der Waals surface area contributed by atoms with Crippen LogP contribution < -0.4 is 10.1 Å². The van der Waals surface area contributed by atoms with E-state index in [4.69, 9.17) is 16.3 Å². The van der Waals surface area contributed by atoms with Crippen LogP contribution in [0.4, 0.5) is 5.69 Å². The molecule has 1 amide bonds. The van der Waals surface area contributed by atoms with Crippen molar-refractivity contribution in [2.45, 2.75) is 20.3 Å². The van der Waals surface area contributed by atoms with Crippen LogP contribution in [0.25, 0.3) is 10.9 Å². The highest BCUT2D eigenvalue weighted by Crippen LogP contribution is 2.31. The molecule has 0 unspecified atom stereocenters. The molecule has 0 aliphatic carbocycles. The number of methoxy groups -OCH3 is 1. The summed E-state index contributed by atoms with van der Waals surface area (Å²) >= 11 is 6.11. The minimum atomic E-state index is -0.0946. The second-order valence-corrected chi connectivity index (χ2v) is 6.21. The van der Waals surface area contributed by atoms with E-state index in [1.54, 1.807) is 13.2 Å². The fourth-order valence-corrected chi connectivity index (χ4v) is 3.00. The lowest BCUT2D eigenvalue weighted by molar-refractivity contribution is -0.115. The van der Waals surface area contributed by atoms with E-state index in [1.807, 2.05) is 44.2 Å². The third-order valence-corrected chi connectivity index (χ3v) is 4.53.